The summed E-state index contributed by atoms with van der Waals surface area (Å²) in [6.07, 6.45) is 3.87. The predicted molar refractivity (Wildman–Crippen MR) is 142 cm³/mol. The lowest BCUT2D eigenvalue weighted by molar-refractivity contribution is 1.23. The van der Waals surface area contributed by atoms with E-state index >= 15 is 0 Å². The molecule has 162 valence electrons. The van der Waals surface area contributed by atoms with E-state index in [1.165, 1.54) is 60.7 Å². The lowest BCUT2D eigenvalue weighted by Crippen LogP contribution is -1.95. The minimum absolute atomic E-state index is 0.967. The molecule has 0 unspecified atom stereocenters. The molecule has 35 heavy (non-hydrogen) atoms. The van der Waals surface area contributed by atoms with Crippen molar-refractivity contribution in [2.75, 3.05) is 0 Å². The van der Waals surface area contributed by atoms with E-state index in [1.54, 1.807) is 0 Å². The van der Waals surface area contributed by atoms with Gasteiger partial charge in [-0.15, -0.1) is 0 Å². The standard InChI is InChI=1S/C32H19N3/c1-2-7-22-18(6-1)12-19-15-25-20(14-24(19)22)13-21-16-27-23-8-5-11-33-31(23)35-30-10-4-3-9-29(30)34-32(35)28(27)17-26(21)25/h1-11,14-17H,12-13H2. The van der Waals surface area contributed by atoms with Gasteiger partial charge in [-0.1, -0.05) is 36.4 Å². The molecule has 0 aliphatic heterocycles. The Morgan fingerprint density at radius 3 is 2.23 bits per heavy atom. The zero-order chi connectivity index (χ0) is 22.7. The zero-order valence-electron chi connectivity index (χ0n) is 18.9. The van der Waals surface area contributed by atoms with Gasteiger partial charge in [0.15, 0.2) is 0 Å². The van der Waals surface area contributed by atoms with E-state index in [0.29, 0.717) is 0 Å². The van der Waals surface area contributed by atoms with Gasteiger partial charge in [0.2, 0.25) is 0 Å². The molecule has 0 amide bonds. The summed E-state index contributed by atoms with van der Waals surface area (Å²) in [5.74, 6) is 0. The van der Waals surface area contributed by atoms with E-state index < -0.39 is 0 Å². The Bertz CT molecular complexity index is 2060. The first-order valence-electron chi connectivity index (χ1n) is 12.2. The number of benzene rings is 4. The third kappa shape index (κ3) is 2.21. The summed E-state index contributed by atoms with van der Waals surface area (Å²) >= 11 is 0. The Hall–Kier alpha value is -4.50. The highest BCUT2D eigenvalue weighted by Gasteiger charge is 2.26. The Kier molecular flexibility index (Phi) is 3.14. The third-order valence-corrected chi connectivity index (χ3v) is 8.02. The number of nitrogens with zero attached hydrogens (tertiary/aromatic N) is 3. The molecular weight excluding hydrogens is 426 g/mol. The van der Waals surface area contributed by atoms with Crippen molar-refractivity contribution in [2.24, 2.45) is 0 Å². The van der Waals surface area contributed by atoms with E-state index in [0.717, 1.165) is 35.2 Å². The summed E-state index contributed by atoms with van der Waals surface area (Å²) in [5.41, 5.74) is 15.3. The SMILES string of the molecule is c1ccc2c(c1)Cc1cc3c(cc1-2)Cc1cc2c4cccnc4n4c5ccccc5nc4c2cc1-3. The molecule has 0 radical (unpaired) electrons. The van der Waals surface area contributed by atoms with Crippen LogP contribution >= 0.6 is 0 Å². The molecule has 0 atom stereocenters. The van der Waals surface area contributed by atoms with E-state index in [4.69, 9.17) is 9.97 Å². The van der Waals surface area contributed by atoms with Crippen LogP contribution in [0.4, 0.5) is 0 Å². The Morgan fingerprint density at radius 1 is 0.543 bits per heavy atom. The lowest BCUT2D eigenvalue weighted by atomic mass is 9.97. The van der Waals surface area contributed by atoms with Crippen molar-refractivity contribution in [1.29, 1.82) is 0 Å². The topological polar surface area (TPSA) is 30.2 Å². The molecule has 3 nitrogen and oxygen atoms in total. The number of para-hydroxylation sites is 2. The summed E-state index contributed by atoms with van der Waals surface area (Å²) in [7, 11) is 0. The first-order chi connectivity index (χ1) is 17.3. The smallest absolute Gasteiger partial charge is 0.147 e. The van der Waals surface area contributed by atoms with Crippen LogP contribution in [0, 0.1) is 0 Å². The number of rotatable bonds is 0. The van der Waals surface area contributed by atoms with Gasteiger partial charge in [-0.3, -0.25) is 4.40 Å². The number of aromatic nitrogens is 3. The van der Waals surface area contributed by atoms with Crippen molar-refractivity contribution in [1.82, 2.24) is 14.4 Å². The zero-order valence-corrected chi connectivity index (χ0v) is 18.9. The van der Waals surface area contributed by atoms with E-state index in [9.17, 15) is 0 Å². The monoisotopic (exact) mass is 445 g/mol. The fraction of sp³-hybridized carbons (Fsp3) is 0.0625. The highest BCUT2D eigenvalue weighted by molar-refractivity contribution is 6.14. The molecule has 7 aromatic rings. The quantitative estimate of drug-likeness (QED) is 0.229. The van der Waals surface area contributed by atoms with Crippen molar-refractivity contribution in [2.45, 2.75) is 12.8 Å². The van der Waals surface area contributed by atoms with Crippen molar-refractivity contribution in [3.05, 3.63) is 113 Å². The van der Waals surface area contributed by atoms with E-state index in [-0.39, 0.29) is 0 Å². The second-order valence-electron chi connectivity index (χ2n) is 9.87. The molecule has 0 bridgehead atoms. The molecule has 0 saturated carbocycles. The van der Waals surface area contributed by atoms with Crippen LogP contribution in [-0.4, -0.2) is 14.4 Å². The Balaban J connectivity index is 1.37. The van der Waals surface area contributed by atoms with Crippen LogP contribution in [0.2, 0.25) is 0 Å². The van der Waals surface area contributed by atoms with Crippen molar-refractivity contribution >= 4 is 38.5 Å². The minimum atomic E-state index is 0.967. The van der Waals surface area contributed by atoms with Crippen molar-refractivity contribution < 1.29 is 0 Å². The number of hydrogen-bond acceptors (Lipinski definition) is 2. The molecular formula is C32H19N3. The summed E-state index contributed by atoms with van der Waals surface area (Å²) in [6.45, 7) is 0. The number of imidazole rings is 1. The van der Waals surface area contributed by atoms with Gasteiger partial charge in [0, 0.05) is 17.0 Å². The predicted octanol–water partition coefficient (Wildman–Crippen LogP) is 7.33. The van der Waals surface area contributed by atoms with Crippen LogP contribution < -0.4 is 0 Å². The highest BCUT2D eigenvalue weighted by Crippen LogP contribution is 2.46. The van der Waals surface area contributed by atoms with Crippen LogP contribution in [0.5, 0.6) is 0 Å². The number of hydrogen-bond donors (Lipinski definition) is 0. The van der Waals surface area contributed by atoms with Gasteiger partial charge in [-0.25, -0.2) is 9.97 Å². The molecule has 4 aromatic carbocycles. The average Bonchev–Trinajstić information content (AvgIpc) is 3.57. The molecule has 3 aromatic heterocycles. The first-order valence-corrected chi connectivity index (χ1v) is 12.2. The maximum absolute atomic E-state index is 5.08. The van der Waals surface area contributed by atoms with Crippen molar-refractivity contribution in [3.63, 3.8) is 0 Å². The molecule has 0 spiro atoms. The molecule has 2 aliphatic rings. The molecule has 3 heterocycles. The minimum Gasteiger partial charge on any atom is -0.276 e. The first kappa shape index (κ1) is 17.9. The van der Waals surface area contributed by atoms with Crippen LogP contribution in [0.25, 0.3) is 60.7 Å². The highest BCUT2D eigenvalue weighted by atomic mass is 15.1. The van der Waals surface area contributed by atoms with Crippen LogP contribution in [-0.2, 0) is 12.8 Å². The number of pyridine rings is 2. The second-order valence-corrected chi connectivity index (χ2v) is 9.87. The molecule has 0 N–H and O–H groups in total. The summed E-state index contributed by atoms with van der Waals surface area (Å²) in [4.78, 5) is 9.88. The normalized spacial score (nSPS) is 13.5. The maximum atomic E-state index is 5.08. The van der Waals surface area contributed by atoms with E-state index in [1.807, 2.05) is 12.3 Å². The van der Waals surface area contributed by atoms with Gasteiger partial charge in [0.05, 0.1) is 11.0 Å². The van der Waals surface area contributed by atoms with Gasteiger partial charge >= 0.3 is 0 Å². The van der Waals surface area contributed by atoms with E-state index in [2.05, 4.69) is 83.3 Å². The van der Waals surface area contributed by atoms with Gasteiger partial charge < -0.3 is 0 Å². The summed E-state index contributed by atoms with van der Waals surface area (Å²) in [6, 6.07) is 31.1. The molecule has 0 fully saturated rings. The van der Waals surface area contributed by atoms with Gasteiger partial charge in [0.1, 0.15) is 11.3 Å². The second kappa shape index (κ2) is 6.13. The molecule has 2 aliphatic carbocycles. The molecule has 0 saturated heterocycles. The van der Waals surface area contributed by atoms with Gasteiger partial charge in [0.25, 0.3) is 0 Å². The van der Waals surface area contributed by atoms with Crippen LogP contribution in [0.15, 0.2) is 91.1 Å². The fourth-order valence-corrected chi connectivity index (χ4v) is 6.49. The van der Waals surface area contributed by atoms with Crippen LogP contribution in [0.3, 0.4) is 0 Å². The van der Waals surface area contributed by atoms with Crippen molar-refractivity contribution in [3.8, 4) is 22.3 Å². The Labute approximate surface area is 201 Å². The lowest BCUT2D eigenvalue weighted by Gasteiger charge is -2.11. The molecule has 9 rings (SSSR count). The maximum Gasteiger partial charge on any atom is 0.147 e. The Morgan fingerprint density at radius 2 is 1.29 bits per heavy atom. The fourth-order valence-electron chi connectivity index (χ4n) is 6.49. The largest absolute Gasteiger partial charge is 0.276 e. The van der Waals surface area contributed by atoms with Gasteiger partial charge in [-0.2, -0.15) is 0 Å². The summed E-state index contributed by atoms with van der Waals surface area (Å²) in [5, 5.41) is 3.60. The molecule has 3 heteroatoms. The van der Waals surface area contributed by atoms with Crippen LogP contribution in [0.1, 0.15) is 22.3 Å². The van der Waals surface area contributed by atoms with Gasteiger partial charge in [-0.05, 0) is 111 Å². The average molecular weight is 446 g/mol. The number of fused-ring (bicyclic) bond motifs is 14. The summed E-state index contributed by atoms with van der Waals surface area (Å²) < 4.78 is 2.23. The third-order valence-electron chi connectivity index (χ3n) is 8.02.